The first-order valence-corrected chi connectivity index (χ1v) is 9.99. The average molecular weight is 352 g/mol. The summed E-state index contributed by atoms with van der Waals surface area (Å²) in [6.45, 7) is 4.40. The zero-order valence-corrected chi connectivity index (χ0v) is 14.9. The van der Waals surface area contributed by atoms with E-state index in [1.807, 2.05) is 6.92 Å². The third-order valence-electron chi connectivity index (χ3n) is 4.12. The summed E-state index contributed by atoms with van der Waals surface area (Å²) in [6, 6.07) is 6.83. The van der Waals surface area contributed by atoms with Crippen LogP contribution in [-0.4, -0.2) is 49.2 Å². The van der Waals surface area contributed by atoms with Crippen molar-refractivity contribution < 1.29 is 18.0 Å². The maximum Gasteiger partial charge on any atom is 0.254 e. The Kier molecular flexibility index (Phi) is 5.99. The van der Waals surface area contributed by atoms with Gasteiger partial charge in [-0.2, -0.15) is 0 Å². The monoisotopic (exact) mass is 352 g/mol. The molecule has 0 aliphatic carbocycles. The van der Waals surface area contributed by atoms with Gasteiger partial charge in [0.15, 0.2) is 9.84 Å². The number of amides is 2. The van der Waals surface area contributed by atoms with Gasteiger partial charge in [-0.15, -0.1) is 0 Å². The molecule has 0 aromatic heterocycles. The summed E-state index contributed by atoms with van der Waals surface area (Å²) in [6.07, 6.45) is 1.29. The molecule has 1 aliphatic heterocycles. The number of nitrogens with one attached hydrogen (secondary N) is 1. The normalized spacial score (nSPS) is 19.0. The van der Waals surface area contributed by atoms with Gasteiger partial charge >= 0.3 is 0 Å². The predicted octanol–water partition coefficient (Wildman–Crippen LogP) is 1.36. The Bertz CT molecular complexity index is 698. The molecule has 1 aliphatic rings. The lowest BCUT2D eigenvalue weighted by molar-refractivity contribution is -0.119. The molecule has 6 nitrogen and oxygen atoms in total. The van der Waals surface area contributed by atoms with Crippen molar-refractivity contribution in [3.63, 3.8) is 0 Å². The molecule has 1 saturated heterocycles. The zero-order valence-electron chi connectivity index (χ0n) is 14.1. The van der Waals surface area contributed by atoms with Gasteiger partial charge in [0.25, 0.3) is 5.91 Å². The van der Waals surface area contributed by atoms with Crippen molar-refractivity contribution in [3.05, 3.63) is 35.4 Å². The van der Waals surface area contributed by atoms with Crippen molar-refractivity contribution in [1.82, 2.24) is 10.2 Å². The van der Waals surface area contributed by atoms with E-state index >= 15 is 0 Å². The summed E-state index contributed by atoms with van der Waals surface area (Å²) < 4.78 is 23.4. The Morgan fingerprint density at radius 1 is 1.25 bits per heavy atom. The molecule has 0 bridgehead atoms. The van der Waals surface area contributed by atoms with E-state index in [2.05, 4.69) is 5.32 Å². The van der Waals surface area contributed by atoms with E-state index < -0.39 is 9.84 Å². The molecule has 1 fully saturated rings. The molecule has 0 spiro atoms. The van der Waals surface area contributed by atoms with Gasteiger partial charge in [-0.05, 0) is 30.5 Å². The van der Waals surface area contributed by atoms with Crippen molar-refractivity contribution in [2.24, 2.45) is 0 Å². The third kappa shape index (κ3) is 4.80. The second kappa shape index (κ2) is 7.79. The first kappa shape index (κ1) is 18.4. The second-order valence-corrected chi connectivity index (χ2v) is 8.39. The number of carbonyl (C=O) groups is 2. The van der Waals surface area contributed by atoms with Crippen LogP contribution in [0.2, 0.25) is 0 Å². The summed E-state index contributed by atoms with van der Waals surface area (Å²) in [5.41, 5.74) is 1.45. The van der Waals surface area contributed by atoms with Gasteiger partial charge in [0.1, 0.15) is 0 Å². The second-order valence-electron chi connectivity index (χ2n) is 6.16. The quantitative estimate of drug-likeness (QED) is 0.838. The van der Waals surface area contributed by atoms with Crippen LogP contribution in [0.1, 0.15) is 42.6 Å². The topological polar surface area (TPSA) is 83.6 Å². The molecule has 132 valence electrons. The molecular formula is C17H24N2O4S. The molecular weight excluding hydrogens is 328 g/mol. The fourth-order valence-electron chi connectivity index (χ4n) is 2.87. The Morgan fingerprint density at radius 3 is 2.42 bits per heavy atom. The van der Waals surface area contributed by atoms with Crippen LogP contribution in [0, 0.1) is 0 Å². The largest absolute Gasteiger partial charge is 0.352 e. The van der Waals surface area contributed by atoms with Crippen molar-refractivity contribution >= 4 is 21.7 Å². The van der Waals surface area contributed by atoms with Gasteiger partial charge < -0.3 is 10.2 Å². The first-order valence-electron chi connectivity index (χ1n) is 8.17. The molecule has 1 heterocycles. The van der Waals surface area contributed by atoms with Gasteiger partial charge in [-0.1, -0.05) is 19.1 Å². The number of rotatable bonds is 6. The SMILES string of the molecule is CCCN(C(=O)c1ccc(CNC(C)=O)cc1)C1CCS(=O)(=O)C1. The van der Waals surface area contributed by atoms with Crippen molar-refractivity contribution in [2.75, 3.05) is 18.1 Å². The van der Waals surface area contributed by atoms with Crippen LogP contribution >= 0.6 is 0 Å². The summed E-state index contributed by atoms with van der Waals surface area (Å²) in [7, 11) is -3.03. The van der Waals surface area contributed by atoms with Gasteiger partial charge in [-0.25, -0.2) is 8.42 Å². The summed E-state index contributed by atoms with van der Waals surface area (Å²) in [4.78, 5) is 25.4. The lowest BCUT2D eigenvalue weighted by Gasteiger charge is -2.28. The van der Waals surface area contributed by atoms with Gasteiger partial charge in [-0.3, -0.25) is 9.59 Å². The Morgan fingerprint density at radius 2 is 1.92 bits per heavy atom. The van der Waals surface area contributed by atoms with E-state index in [1.165, 1.54) is 6.92 Å². The number of nitrogens with zero attached hydrogens (tertiary/aromatic N) is 1. The number of carbonyl (C=O) groups excluding carboxylic acids is 2. The molecule has 1 atom stereocenters. The van der Waals surface area contributed by atoms with Crippen LogP contribution in [0.3, 0.4) is 0 Å². The van der Waals surface area contributed by atoms with Crippen molar-refractivity contribution in [3.8, 4) is 0 Å². The average Bonchev–Trinajstić information content (AvgIpc) is 2.90. The highest BCUT2D eigenvalue weighted by atomic mass is 32.2. The van der Waals surface area contributed by atoms with Crippen LogP contribution < -0.4 is 5.32 Å². The molecule has 24 heavy (non-hydrogen) atoms. The number of hydrogen-bond donors (Lipinski definition) is 1. The van der Waals surface area contributed by atoms with E-state index in [0.29, 0.717) is 25.1 Å². The summed E-state index contributed by atoms with van der Waals surface area (Å²) >= 11 is 0. The van der Waals surface area contributed by atoms with Gasteiger partial charge in [0.05, 0.1) is 11.5 Å². The maximum atomic E-state index is 12.8. The minimum Gasteiger partial charge on any atom is -0.352 e. The van der Waals surface area contributed by atoms with Crippen LogP contribution in [0.5, 0.6) is 0 Å². The van der Waals surface area contributed by atoms with Crippen LogP contribution in [-0.2, 0) is 21.2 Å². The Labute approximate surface area is 143 Å². The highest BCUT2D eigenvalue weighted by molar-refractivity contribution is 7.91. The first-order chi connectivity index (χ1) is 11.3. The molecule has 2 amide bonds. The van der Waals surface area contributed by atoms with E-state index in [-0.39, 0.29) is 29.4 Å². The highest BCUT2D eigenvalue weighted by Crippen LogP contribution is 2.20. The summed E-state index contributed by atoms with van der Waals surface area (Å²) in [5, 5.41) is 2.71. The van der Waals surface area contributed by atoms with E-state index in [1.54, 1.807) is 29.2 Å². The molecule has 7 heteroatoms. The minimum absolute atomic E-state index is 0.0549. The van der Waals surface area contributed by atoms with Gasteiger partial charge in [0.2, 0.25) is 5.91 Å². The van der Waals surface area contributed by atoms with Crippen LogP contribution in [0.25, 0.3) is 0 Å². The smallest absolute Gasteiger partial charge is 0.254 e. The van der Waals surface area contributed by atoms with E-state index in [9.17, 15) is 18.0 Å². The fraction of sp³-hybridized carbons (Fsp3) is 0.529. The molecule has 2 rings (SSSR count). The Hall–Kier alpha value is -1.89. The van der Waals surface area contributed by atoms with Gasteiger partial charge in [0, 0.05) is 31.6 Å². The van der Waals surface area contributed by atoms with Crippen LogP contribution in [0.4, 0.5) is 0 Å². The van der Waals surface area contributed by atoms with Crippen LogP contribution in [0.15, 0.2) is 24.3 Å². The molecule has 0 radical (unpaired) electrons. The summed E-state index contributed by atoms with van der Waals surface area (Å²) in [5.74, 6) is -0.0306. The molecule has 1 unspecified atom stereocenters. The number of hydrogen-bond acceptors (Lipinski definition) is 4. The van der Waals surface area contributed by atoms with Crippen molar-refractivity contribution in [2.45, 2.75) is 39.3 Å². The van der Waals surface area contributed by atoms with E-state index in [4.69, 9.17) is 0 Å². The third-order valence-corrected chi connectivity index (χ3v) is 5.87. The Balaban J connectivity index is 2.10. The molecule has 1 aromatic carbocycles. The highest BCUT2D eigenvalue weighted by Gasteiger charge is 2.34. The fourth-order valence-corrected chi connectivity index (χ4v) is 4.60. The number of sulfone groups is 1. The van der Waals surface area contributed by atoms with E-state index in [0.717, 1.165) is 12.0 Å². The lowest BCUT2D eigenvalue weighted by Crippen LogP contribution is -2.41. The lowest BCUT2D eigenvalue weighted by atomic mass is 10.1. The maximum absolute atomic E-state index is 12.8. The zero-order chi connectivity index (χ0) is 17.7. The minimum atomic E-state index is -3.03. The van der Waals surface area contributed by atoms with Crippen molar-refractivity contribution in [1.29, 1.82) is 0 Å². The molecule has 0 saturated carbocycles. The number of benzene rings is 1. The predicted molar refractivity (Wildman–Crippen MR) is 92.3 cm³/mol. The standard InChI is InChI=1S/C17H24N2O4S/c1-3-9-19(16-8-10-24(22,23)12-16)17(21)15-6-4-14(5-7-15)11-18-13(2)20/h4-7,16H,3,8-12H2,1-2H3,(H,18,20). The molecule has 1 aromatic rings. The molecule has 1 N–H and O–H groups in total.